The Kier molecular flexibility index (Phi) is 3.53. The number of hydrogen-bond acceptors (Lipinski definition) is 3. The minimum absolute atomic E-state index is 0.0878. The van der Waals surface area contributed by atoms with Gasteiger partial charge < -0.3 is 4.85 Å². The molecule has 106 valence electrons. The number of fused-ring (bicyclic) bond motifs is 1. The van der Waals surface area contributed by atoms with Crippen LogP contribution in [0, 0.1) is 13.5 Å². The molecule has 2 atom stereocenters. The standard InChI is InChI=1S/C16H17N5/c1-4-6-13-15(17-3)14(11-9-18-21-16(11)20-13)12-8-5-7-10(2)19-12/h5,7-9,14-15H,4,6H2,1-2H3,(H,18,21). The second kappa shape index (κ2) is 5.49. The van der Waals surface area contributed by atoms with Crippen molar-refractivity contribution in [1.29, 1.82) is 0 Å². The first-order valence-corrected chi connectivity index (χ1v) is 7.15. The fraction of sp³-hybridized carbons (Fsp3) is 0.375. The lowest BCUT2D eigenvalue weighted by atomic mass is 9.83. The minimum Gasteiger partial charge on any atom is -0.306 e. The van der Waals surface area contributed by atoms with Crippen molar-refractivity contribution >= 4 is 11.5 Å². The third kappa shape index (κ3) is 2.33. The summed E-state index contributed by atoms with van der Waals surface area (Å²) < 4.78 is 0. The zero-order valence-electron chi connectivity index (χ0n) is 12.2. The summed E-state index contributed by atoms with van der Waals surface area (Å²) >= 11 is 0. The van der Waals surface area contributed by atoms with Gasteiger partial charge in [-0.05, 0) is 25.5 Å². The van der Waals surface area contributed by atoms with Gasteiger partial charge in [-0.25, -0.2) is 11.6 Å². The van der Waals surface area contributed by atoms with Crippen molar-refractivity contribution in [2.75, 3.05) is 0 Å². The molecule has 0 aromatic carbocycles. The Hall–Kier alpha value is -2.48. The van der Waals surface area contributed by atoms with Crippen LogP contribution in [0.4, 0.5) is 5.82 Å². The summed E-state index contributed by atoms with van der Waals surface area (Å²) in [6.45, 7) is 11.7. The van der Waals surface area contributed by atoms with Crippen molar-refractivity contribution in [3.05, 3.63) is 52.8 Å². The van der Waals surface area contributed by atoms with E-state index in [0.717, 1.165) is 41.3 Å². The first kappa shape index (κ1) is 13.5. The van der Waals surface area contributed by atoms with Gasteiger partial charge in [0, 0.05) is 11.3 Å². The summed E-state index contributed by atoms with van der Waals surface area (Å²) in [7, 11) is 0. The Labute approximate surface area is 124 Å². The van der Waals surface area contributed by atoms with E-state index >= 15 is 0 Å². The minimum atomic E-state index is -0.288. The molecule has 3 heterocycles. The molecule has 0 saturated heterocycles. The van der Waals surface area contributed by atoms with Crippen LogP contribution in [0.15, 0.2) is 29.4 Å². The van der Waals surface area contributed by atoms with E-state index in [1.54, 1.807) is 6.20 Å². The van der Waals surface area contributed by atoms with E-state index in [4.69, 9.17) is 6.57 Å². The molecule has 1 aliphatic rings. The Morgan fingerprint density at radius 3 is 2.95 bits per heavy atom. The van der Waals surface area contributed by atoms with Crippen molar-refractivity contribution in [2.24, 2.45) is 4.99 Å². The molecular weight excluding hydrogens is 262 g/mol. The zero-order valence-corrected chi connectivity index (χ0v) is 12.2. The maximum atomic E-state index is 7.62. The van der Waals surface area contributed by atoms with Gasteiger partial charge in [0.25, 0.3) is 6.04 Å². The van der Waals surface area contributed by atoms with Gasteiger partial charge in [-0.2, -0.15) is 5.10 Å². The molecule has 3 rings (SSSR count). The molecule has 0 bridgehead atoms. The quantitative estimate of drug-likeness (QED) is 0.875. The van der Waals surface area contributed by atoms with Crippen LogP contribution in [0.1, 0.15) is 42.6 Å². The Morgan fingerprint density at radius 1 is 1.38 bits per heavy atom. The highest BCUT2D eigenvalue weighted by atomic mass is 15.2. The lowest BCUT2D eigenvalue weighted by Crippen LogP contribution is -2.29. The predicted molar refractivity (Wildman–Crippen MR) is 81.8 cm³/mol. The average molecular weight is 279 g/mol. The summed E-state index contributed by atoms with van der Waals surface area (Å²) in [6, 6.07) is 5.66. The maximum absolute atomic E-state index is 7.62. The fourth-order valence-electron chi connectivity index (χ4n) is 2.85. The van der Waals surface area contributed by atoms with Crippen LogP contribution in [-0.4, -0.2) is 26.9 Å². The molecular formula is C16H17N5. The Balaban J connectivity index is 2.14. The topological polar surface area (TPSA) is 58.3 Å². The van der Waals surface area contributed by atoms with Crippen molar-refractivity contribution in [3.63, 3.8) is 0 Å². The molecule has 2 aromatic heterocycles. The average Bonchev–Trinajstić information content (AvgIpc) is 2.94. The number of rotatable bonds is 3. The van der Waals surface area contributed by atoms with Crippen LogP contribution < -0.4 is 0 Å². The van der Waals surface area contributed by atoms with Gasteiger partial charge >= 0.3 is 0 Å². The second-order valence-corrected chi connectivity index (χ2v) is 5.28. The molecule has 2 unspecified atom stereocenters. The van der Waals surface area contributed by atoms with Crippen LogP contribution >= 0.6 is 0 Å². The van der Waals surface area contributed by atoms with Crippen LogP contribution in [-0.2, 0) is 0 Å². The van der Waals surface area contributed by atoms with Crippen LogP contribution in [0.25, 0.3) is 4.85 Å². The van der Waals surface area contributed by atoms with Crippen molar-refractivity contribution in [1.82, 2.24) is 15.2 Å². The molecule has 5 heteroatoms. The predicted octanol–water partition coefficient (Wildman–Crippen LogP) is 3.42. The number of aliphatic imine (C=N–C) groups is 1. The van der Waals surface area contributed by atoms with Crippen molar-refractivity contribution in [2.45, 2.75) is 38.6 Å². The highest BCUT2D eigenvalue weighted by Gasteiger charge is 2.40. The number of pyridine rings is 1. The lowest BCUT2D eigenvalue weighted by molar-refractivity contribution is 0.742. The maximum Gasteiger partial charge on any atom is 0.274 e. The van der Waals surface area contributed by atoms with E-state index in [-0.39, 0.29) is 12.0 Å². The normalized spacial score (nSPS) is 20.5. The summed E-state index contributed by atoms with van der Waals surface area (Å²) in [5, 5.41) is 7.04. The smallest absolute Gasteiger partial charge is 0.274 e. The summed E-state index contributed by atoms with van der Waals surface area (Å²) in [5.74, 6) is 0.682. The van der Waals surface area contributed by atoms with Crippen LogP contribution in [0.5, 0.6) is 0 Å². The molecule has 0 radical (unpaired) electrons. The SMILES string of the molecule is [C-]#[N+]C1C(CCC)=Nc2[nH]ncc2C1c1cccc(C)n1. The van der Waals surface area contributed by atoms with Gasteiger partial charge in [0.1, 0.15) is 11.6 Å². The number of nitrogens with zero attached hydrogens (tertiary/aromatic N) is 4. The van der Waals surface area contributed by atoms with Gasteiger partial charge in [-0.1, -0.05) is 19.4 Å². The largest absolute Gasteiger partial charge is 0.306 e. The third-order valence-corrected chi connectivity index (χ3v) is 3.77. The first-order valence-electron chi connectivity index (χ1n) is 7.15. The Morgan fingerprint density at radius 2 is 2.24 bits per heavy atom. The van der Waals surface area contributed by atoms with Crippen LogP contribution in [0.2, 0.25) is 0 Å². The van der Waals surface area contributed by atoms with E-state index in [1.165, 1.54) is 0 Å². The number of aromatic nitrogens is 3. The molecule has 0 saturated carbocycles. The number of nitrogens with one attached hydrogen (secondary N) is 1. The molecule has 2 aromatic rings. The molecule has 5 nitrogen and oxygen atoms in total. The molecule has 1 N–H and O–H groups in total. The monoisotopic (exact) mass is 279 g/mol. The molecule has 0 aliphatic carbocycles. The Bertz CT molecular complexity index is 722. The molecule has 0 fully saturated rings. The number of H-pyrrole nitrogens is 1. The lowest BCUT2D eigenvalue weighted by Gasteiger charge is -2.23. The van der Waals surface area contributed by atoms with Gasteiger partial charge in [0.05, 0.1) is 11.9 Å². The highest BCUT2D eigenvalue weighted by Crippen LogP contribution is 2.39. The number of aromatic amines is 1. The highest BCUT2D eigenvalue weighted by molar-refractivity contribution is 5.96. The molecule has 1 aliphatic heterocycles. The summed E-state index contributed by atoms with van der Waals surface area (Å²) in [5.41, 5.74) is 3.77. The van der Waals surface area contributed by atoms with E-state index in [1.807, 2.05) is 25.1 Å². The van der Waals surface area contributed by atoms with Crippen molar-refractivity contribution in [3.8, 4) is 0 Å². The van der Waals surface area contributed by atoms with E-state index in [0.29, 0.717) is 0 Å². The summed E-state index contributed by atoms with van der Waals surface area (Å²) in [6.07, 6.45) is 3.57. The van der Waals surface area contributed by atoms with E-state index < -0.39 is 0 Å². The van der Waals surface area contributed by atoms with Gasteiger partial charge in [-0.15, -0.1) is 0 Å². The van der Waals surface area contributed by atoms with E-state index in [2.05, 4.69) is 31.9 Å². The number of aryl methyl sites for hydroxylation is 1. The van der Waals surface area contributed by atoms with Gasteiger partial charge in [0.15, 0.2) is 5.82 Å². The van der Waals surface area contributed by atoms with Crippen LogP contribution in [0.3, 0.4) is 0 Å². The van der Waals surface area contributed by atoms with Crippen molar-refractivity contribution < 1.29 is 0 Å². The summed E-state index contributed by atoms with van der Waals surface area (Å²) in [4.78, 5) is 13.1. The molecule has 0 spiro atoms. The zero-order chi connectivity index (χ0) is 14.8. The third-order valence-electron chi connectivity index (χ3n) is 3.77. The molecule has 21 heavy (non-hydrogen) atoms. The van der Waals surface area contributed by atoms with Gasteiger partial charge in [-0.3, -0.25) is 10.1 Å². The second-order valence-electron chi connectivity index (χ2n) is 5.28. The van der Waals surface area contributed by atoms with E-state index in [9.17, 15) is 0 Å². The first-order chi connectivity index (χ1) is 10.2. The van der Waals surface area contributed by atoms with Gasteiger partial charge in [0.2, 0.25) is 0 Å². The fourth-order valence-corrected chi connectivity index (χ4v) is 2.85. The number of hydrogen-bond donors (Lipinski definition) is 1. The molecule has 0 amide bonds.